The molecule has 3 rings (SSSR count). The van der Waals surface area contributed by atoms with Crippen molar-refractivity contribution in [2.24, 2.45) is 5.92 Å². The van der Waals surface area contributed by atoms with E-state index in [0.29, 0.717) is 18.8 Å². The minimum atomic E-state index is -4.46. The van der Waals surface area contributed by atoms with Gasteiger partial charge in [-0.05, 0) is 55.9 Å². The Kier molecular flexibility index (Phi) is 5.36. The molecule has 2 fully saturated rings. The molecule has 0 atom stereocenters. The molecule has 1 aromatic rings. The number of benzene rings is 1. The van der Waals surface area contributed by atoms with E-state index in [1.165, 1.54) is 0 Å². The molecular formula is C19H22F3N3O3. The van der Waals surface area contributed by atoms with E-state index < -0.39 is 41.7 Å². The SMILES string of the molecule is CCC1CCC2(CC1)NC(=O)N(CC(=O)Nc1ccc(C(F)(F)F)cc1)C2=O. The van der Waals surface area contributed by atoms with Crippen molar-refractivity contribution in [3.05, 3.63) is 29.8 Å². The molecule has 0 aromatic heterocycles. The van der Waals surface area contributed by atoms with Gasteiger partial charge in [0.05, 0.1) is 5.56 Å². The number of carbonyl (C=O) groups is 3. The molecule has 1 saturated heterocycles. The molecule has 2 aliphatic rings. The number of alkyl halides is 3. The first-order valence-corrected chi connectivity index (χ1v) is 9.26. The van der Waals surface area contributed by atoms with Crippen molar-refractivity contribution in [3.8, 4) is 0 Å². The van der Waals surface area contributed by atoms with Gasteiger partial charge in [-0.1, -0.05) is 13.3 Å². The number of imide groups is 1. The molecule has 1 aliphatic heterocycles. The van der Waals surface area contributed by atoms with Gasteiger partial charge in [0.25, 0.3) is 5.91 Å². The molecule has 4 amide bonds. The highest BCUT2D eigenvalue weighted by Gasteiger charge is 2.52. The van der Waals surface area contributed by atoms with Gasteiger partial charge in [-0.25, -0.2) is 4.79 Å². The van der Waals surface area contributed by atoms with Gasteiger partial charge in [0, 0.05) is 5.69 Å². The second-order valence-corrected chi connectivity index (χ2v) is 7.38. The molecule has 0 radical (unpaired) electrons. The summed E-state index contributed by atoms with van der Waals surface area (Å²) in [6.45, 7) is 1.61. The Morgan fingerprint density at radius 1 is 1.21 bits per heavy atom. The lowest BCUT2D eigenvalue weighted by atomic mass is 9.75. The van der Waals surface area contributed by atoms with E-state index in [-0.39, 0.29) is 5.69 Å². The molecular weight excluding hydrogens is 375 g/mol. The van der Waals surface area contributed by atoms with Crippen LogP contribution in [0, 0.1) is 5.92 Å². The molecule has 1 spiro atoms. The maximum atomic E-state index is 12.8. The fourth-order valence-electron chi connectivity index (χ4n) is 3.82. The van der Waals surface area contributed by atoms with Crippen LogP contribution in [0.25, 0.3) is 0 Å². The third-order valence-corrected chi connectivity index (χ3v) is 5.58. The Morgan fingerprint density at radius 3 is 2.36 bits per heavy atom. The van der Waals surface area contributed by atoms with E-state index in [0.717, 1.165) is 48.4 Å². The Balaban J connectivity index is 1.61. The first-order valence-electron chi connectivity index (χ1n) is 9.26. The zero-order chi connectivity index (χ0) is 20.5. The van der Waals surface area contributed by atoms with Gasteiger partial charge in [-0.2, -0.15) is 13.2 Å². The van der Waals surface area contributed by atoms with Gasteiger partial charge in [-0.15, -0.1) is 0 Å². The lowest BCUT2D eigenvalue weighted by molar-refractivity contribution is -0.137. The lowest BCUT2D eigenvalue weighted by Crippen LogP contribution is -2.49. The highest BCUT2D eigenvalue weighted by molar-refractivity contribution is 6.10. The molecule has 1 heterocycles. The summed E-state index contributed by atoms with van der Waals surface area (Å²) >= 11 is 0. The molecule has 2 N–H and O–H groups in total. The second kappa shape index (κ2) is 7.44. The van der Waals surface area contributed by atoms with Crippen LogP contribution >= 0.6 is 0 Å². The quantitative estimate of drug-likeness (QED) is 0.763. The van der Waals surface area contributed by atoms with Crippen LogP contribution in [0.3, 0.4) is 0 Å². The highest BCUT2D eigenvalue weighted by atomic mass is 19.4. The van der Waals surface area contributed by atoms with Gasteiger partial charge < -0.3 is 10.6 Å². The predicted octanol–water partition coefficient (Wildman–Crippen LogP) is 3.53. The van der Waals surface area contributed by atoms with Crippen LogP contribution in [-0.2, 0) is 15.8 Å². The Hall–Kier alpha value is -2.58. The minimum absolute atomic E-state index is 0.156. The molecule has 1 saturated carbocycles. The van der Waals surface area contributed by atoms with Crippen LogP contribution in [0.2, 0.25) is 0 Å². The normalized spacial score (nSPS) is 25.1. The van der Waals surface area contributed by atoms with Crippen molar-refractivity contribution >= 4 is 23.5 Å². The number of nitrogens with one attached hydrogen (secondary N) is 2. The van der Waals surface area contributed by atoms with Crippen LogP contribution in [-0.4, -0.2) is 34.8 Å². The first kappa shape index (κ1) is 20.2. The van der Waals surface area contributed by atoms with Crippen molar-refractivity contribution in [2.45, 2.75) is 50.7 Å². The van der Waals surface area contributed by atoms with Crippen molar-refractivity contribution < 1.29 is 27.6 Å². The maximum Gasteiger partial charge on any atom is 0.416 e. The number of anilines is 1. The van der Waals surface area contributed by atoms with Crippen LogP contribution in [0.4, 0.5) is 23.7 Å². The van der Waals surface area contributed by atoms with E-state index in [1.807, 2.05) is 0 Å². The van der Waals surface area contributed by atoms with Gasteiger partial charge in [0.2, 0.25) is 5.91 Å². The lowest BCUT2D eigenvalue weighted by Gasteiger charge is -2.34. The highest BCUT2D eigenvalue weighted by Crippen LogP contribution is 2.37. The third-order valence-electron chi connectivity index (χ3n) is 5.58. The predicted molar refractivity (Wildman–Crippen MR) is 95.3 cm³/mol. The van der Waals surface area contributed by atoms with Crippen LogP contribution < -0.4 is 10.6 Å². The van der Waals surface area contributed by atoms with Crippen molar-refractivity contribution in [1.82, 2.24) is 10.2 Å². The van der Waals surface area contributed by atoms with Gasteiger partial charge in [0.1, 0.15) is 12.1 Å². The van der Waals surface area contributed by atoms with Gasteiger partial charge in [0.15, 0.2) is 0 Å². The summed E-state index contributed by atoms with van der Waals surface area (Å²) in [4.78, 5) is 38.1. The van der Waals surface area contributed by atoms with E-state index >= 15 is 0 Å². The molecule has 1 aliphatic carbocycles. The van der Waals surface area contributed by atoms with E-state index in [2.05, 4.69) is 17.6 Å². The second-order valence-electron chi connectivity index (χ2n) is 7.38. The molecule has 152 valence electrons. The van der Waals surface area contributed by atoms with E-state index in [9.17, 15) is 27.6 Å². The van der Waals surface area contributed by atoms with Gasteiger partial charge in [-0.3, -0.25) is 14.5 Å². The molecule has 0 unspecified atom stereocenters. The van der Waals surface area contributed by atoms with Crippen LogP contribution in [0.5, 0.6) is 0 Å². The monoisotopic (exact) mass is 397 g/mol. The standard InChI is InChI=1S/C19H22F3N3O3/c1-2-12-7-9-18(10-8-12)16(27)25(17(28)24-18)11-15(26)23-14-5-3-13(4-6-14)19(20,21)22/h3-6,12H,2,7-11H2,1H3,(H,23,26)(H,24,28). The summed E-state index contributed by atoms with van der Waals surface area (Å²) in [5.74, 6) is -0.524. The summed E-state index contributed by atoms with van der Waals surface area (Å²) < 4.78 is 37.8. The number of hydrogen-bond donors (Lipinski definition) is 2. The number of nitrogens with zero attached hydrogens (tertiary/aromatic N) is 1. The zero-order valence-corrected chi connectivity index (χ0v) is 15.4. The Morgan fingerprint density at radius 2 is 1.82 bits per heavy atom. The number of urea groups is 1. The maximum absolute atomic E-state index is 12.8. The molecule has 6 nitrogen and oxygen atoms in total. The van der Waals surface area contributed by atoms with Crippen molar-refractivity contribution in [2.75, 3.05) is 11.9 Å². The fraction of sp³-hybridized carbons (Fsp3) is 0.526. The number of carbonyl (C=O) groups excluding carboxylic acids is 3. The Bertz CT molecular complexity index is 769. The fourth-order valence-corrected chi connectivity index (χ4v) is 3.82. The molecule has 9 heteroatoms. The van der Waals surface area contributed by atoms with E-state index in [4.69, 9.17) is 0 Å². The average molecular weight is 397 g/mol. The number of hydrogen-bond acceptors (Lipinski definition) is 3. The summed E-state index contributed by atoms with van der Waals surface area (Å²) in [7, 11) is 0. The van der Waals surface area contributed by atoms with Crippen molar-refractivity contribution in [1.29, 1.82) is 0 Å². The zero-order valence-electron chi connectivity index (χ0n) is 15.4. The summed E-state index contributed by atoms with van der Waals surface area (Å²) in [5, 5.41) is 5.16. The number of halogens is 3. The third kappa shape index (κ3) is 3.98. The molecule has 1 aromatic carbocycles. The van der Waals surface area contributed by atoms with Crippen LogP contribution in [0.15, 0.2) is 24.3 Å². The Labute approximate surface area is 160 Å². The van der Waals surface area contributed by atoms with Crippen LogP contribution in [0.1, 0.15) is 44.6 Å². The smallest absolute Gasteiger partial charge is 0.325 e. The minimum Gasteiger partial charge on any atom is -0.325 e. The largest absolute Gasteiger partial charge is 0.416 e. The summed E-state index contributed by atoms with van der Waals surface area (Å²) in [5.41, 5.74) is -1.61. The first-order chi connectivity index (χ1) is 13.1. The molecule has 28 heavy (non-hydrogen) atoms. The molecule has 0 bridgehead atoms. The number of amides is 4. The van der Waals surface area contributed by atoms with Crippen molar-refractivity contribution in [3.63, 3.8) is 0 Å². The number of rotatable bonds is 4. The summed E-state index contributed by atoms with van der Waals surface area (Å²) in [6.07, 6.45) is -0.659. The van der Waals surface area contributed by atoms with Gasteiger partial charge >= 0.3 is 12.2 Å². The average Bonchev–Trinajstić information content (AvgIpc) is 2.86. The van der Waals surface area contributed by atoms with E-state index in [1.54, 1.807) is 0 Å². The topological polar surface area (TPSA) is 78.5 Å². The summed E-state index contributed by atoms with van der Waals surface area (Å²) in [6, 6.07) is 3.34.